The third-order valence-corrected chi connectivity index (χ3v) is 2.23. The topological polar surface area (TPSA) is 93.1 Å². The summed E-state index contributed by atoms with van der Waals surface area (Å²) in [7, 11) is 0. The van der Waals surface area contributed by atoms with Crippen molar-refractivity contribution in [2.24, 2.45) is 5.92 Å². The van der Waals surface area contributed by atoms with Gasteiger partial charge in [-0.3, -0.25) is 9.59 Å². The normalized spacial score (nSPS) is 15.8. The molecule has 0 saturated carbocycles. The molecule has 0 heterocycles. The fraction of sp³-hybridized carbons (Fsp3) is 0.818. The van der Waals surface area contributed by atoms with E-state index in [1.54, 1.807) is 6.92 Å². The van der Waals surface area contributed by atoms with Gasteiger partial charge < -0.3 is 19.7 Å². The summed E-state index contributed by atoms with van der Waals surface area (Å²) in [6.45, 7) is 4.61. The van der Waals surface area contributed by atoms with E-state index in [1.807, 2.05) is 6.92 Å². The van der Waals surface area contributed by atoms with Gasteiger partial charge in [-0.2, -0.15) is 0 Å². The van der Waals surface area contributed by atoms with Crippen LogP contribution in [-0.2, 0) is 19.1 Å². The van der Waals surface area contributed by atoms with E-state index in [9.17, 15) is 9.59 Å². The second-order valence-electron chi connectivity index (χ2n) is 3.78. The molecule has 0 aliphatic heterocycles. The molecule has 0 aromatic carbocycles. The molecule has 0 radical (unpaired) electrons. The SMILES string of the molecule is CCC(C)OC(=O)C(C)C(=O)OC(O)CCO. The van der Waals surface area contributed by atoms with Crippen LogP contribution < -0.4 is 0 Å². The first-order valence-electron chi connectivity index (χ1n) is 5.62. The number of carbonyl (C=O) groups is 2. The molecule has 3 atom stereocenters. The van der Waals surface area contributed by atoms with Gasteiger partial charge in [0, 0.05) is 13.0 Å². The summed E-state index contributed by atoms with van der Waals surface area (Å²) in [5, 5.41) is 17.6. The molecule has 0 aromatic heterocycles. The molecule has 0 aliphatic carbocycles. The highest BCUT2D eigenvalue weighted by Crippen LogP contribution is 2.08. The Hall–Kier alpha value is -1.14. The second kappa shape index (κ2) is 8.03. The van der Waals surface area contributed by atoms with E-state index in [2.05, 4.69) is 4.74 Å². The highest BCUT2D eigenvalue weighted by atomic mass is 16.6. The first kappa shape index (κ1) is 15.9. The van der Waals surface area contributed by atoms with Crippen LogP contribution in [0.2, 0.25) is 0 Å². The van der Waals surface area contributed by atoms with Crippen molar-refractivity contribution in [1.29, 1.82) is 0 Å². The molecular formula is C11H20O6. The number of esters is 2. The van der Waals surface area contributed by atoms with Crippen molar-refractivity contribution >= 4 is 11.9 Å². The molecule has 6 heteroatoms. The molecule has 3 unspecified atom stereocenters. The van der Waals surface area contributed by atoms with E-state index in [1.165, 1.54) is 6.92 Å². The monoisotopic (exact) mass is 248 g/mol. The Morgan fingerprint density at radius 3 is 2.18 bits per heavy atom. The van der Waals surface area contributed by atoms with E-state index >= 15 is 0 Å². The van der Waals surface area contributed by atoms with Gasteiger partial charge in [0.05, 0.1) is 6.10 Å². The Kier molecular flexibility index (Phi) is 7.49. The molecule has 0 bridgehead atoms. The number of ether oxygens (including phenoxy) is 2. The first-order valence-corrected chi connectivity index (χ1v) is 5.62. The third-order valence-electron chi connectivity index (χ3n) is 2.23. The molecule has 0 spiro atoms. The molecule has 2 N–H and O–H groups in total. The summed E-state index contributed by atoms with van der Waals surface area (Å²) in [6, 6.07) is 0. The lowest BCUT2D eigenvalue weighted by molar-refractivity contribution is -0.180. The molecular weight excluding hydrogens is 228 g/mol. The van der Waals surface area contributed by atoms with Gasteiger partial charge >= 0.3 is 11.9 Å². The van der Waals surface area contributed by atoms with Gasteiger partial charge in [-0.15, -0.1) is 0 Å². The minimum Gasteiger partial charge on any atom is -0.462 e. The molecule has 0 rings (SSSR count). The smallest absolute Gasteiger partial charge is 0.322 e. The van der Waals surface area contributed by atoms with E-state index in [4.69, 9.17) is 14.9 Å². The van der Waals surface area contributed by atoms with E-state index in [0.717, 1.165) is 0 Å². The lowest BCUT2D eigenvalue weighted by atomic mass is 10.2. The first-order chi connectivity index (χ1) is 7.92. The lowest BCUT2D eigenvalue weighted by Crippen LogP contribution is -2.31. The zero-order chi connectivity index (χ0) is 13.4. The van der Waals surface area contributed by atoms with Crippen LogP contribution in [0.3, 0.4) is 0 Å². The van der Waals surface area contributed by atoms with Crippen LogP contribution in [0.15, 0.2) is 0 Å². The molecule has 100 valence electrons. The molecule has 6 nitrogen and oxygen atoms in total. The van der Waals surface area contributed by atoms with Crippen molar-refractivity contribution in [1.82, 2.24) is 0 Å². The standard InChI is InChI=1S/C11H20O6/c1-4-7(2)16-10(14)8(3)11(15)17-9(13)5-6-12/h7-9,12-13H,4-6H2,1-3H3. The Bertz CT molecular complexity index is 252. The highest BCUT2D eigenvalue weighted by molar-refractivity contribution is 5.94. The van der Waals surface area contributed by atoms with Crippen molar-refractivity contribution in [3.63, 3.8) is 0 Å². The van der Waals surface area contributed by atoms with Crippen molar-refractivity contribution in [3.05, 3.63) is 0 Å². The predicted molar refractivity (Wildman–Crippen MR) is 58.8 cm³/mol. The van der Waals surface area contributed by atoms with Gasteiger partial charge in [0.2, 0.25) is 6.29 Å². The number of aliphatic hydroxyl groups is 2. The van der Waals surface area contributed by atoms with Gasteiger partial charge in [0.15, 0.2) is 5.92 Å². The number of hydrogen-bond donors (Lipinski definition) is 2. The number of carbonyl (C=O) groups excluding carboxylic acids is 2. The van der Waals surface area contributed by atoms with Crippen LogP contribution >= 0.6 is 0 Å². The molecule has 0 aliphatic rings. The number of rotatable bonds is 7. The average Bonchev–Trinajstić information content (AvgIpc) is 2.27. The van der Waals surface area contributed by atoms with Crippen molar-refractivity contribution in [2.45, 2.75) is 46.0 Å². The Morgan fingerprint density at radius 1 is 1.18 bits per heavy atom. The van der Waals surface area contributed by atoms with Crippen LogP contribution in [0.5, 0.6) is 0 Å². The van der Waals surface area contributed by atoms with Gasteiger partial charge in [0.1, 0.15) is 0 Å². The minimum absolute atomic E-state index is 0.0845. The lowest BCUT2D eigenvalue weighted by Gasteiger charge is -2.16. The highest BCUT2D eigenvalue weighted by Gasteiger charge is 2.27. The predicted octanol–water partition coefficient (Wildman–Crippen LogP) is 0.208. The van der Waals surface area contributed by atoms with Crippen LogP contribution in [-0.4, -0.2) is 41.2 Å². The Labute approximate surface area is 101 Å². The third kappa shape index (κ3) is 6.23. The fourth-order valence-electron chi connectivity index (χ4n) is 0.885. The zero-order valence-electron chi connectivity index (χ0n) is 10.4. The summed E-state index contributed by atoms with van der Waals surface area (Å²) in [4.78, 5) is 22.8. The van der Waals surface area contributed by atoms with Crippen molar-refractivity contribution in [2.75, 3.05) is 6.61 Å². The van der Waals surface area contributed by atoms with Gasteiger partial charge in [-0.05, 0) is 20.3 Å². The average molecular weight is 248 g/mol. The maximum absolute atomic E-state index is 11.4. The Morgan fingerprint density at radius 2 is 1.71 bits per heavy atom. The number of hydrogen-bond acceptors (Lipinski definition) is 6. The van der Waals surface area contributed by atoms with E-state index in [-0.39, 0.29) is 19.1 Å². The summed E-state index contributed by atoms with van der Waals surface area (Å²) in [6.07, 6.45) is -1.09. The molecule has 17 heavy (non-hydrogen) atoms. The fourth-order valence-corrected chi connectivity index (χ4v) is 0.885. The maximum atomic E-state index is 11.4. The van der Waals surface area contributed by atoms with Gasteiger partial charge in [-0.1, -0.05) is 6.92 Å². The number of aliphatic hydroxyl groups excluding tert-OH is 2. The van der Waals surface area contributed by atoms with E-state index < -0.39 is 24.1 Å². The van der Waals surface area contributed by atoms with Crippen LogP contribution in [0.25, 0.3) is 0 Å². The van der Waals surface area contributed by atoms with Gasteiger partial charge in [0.25, 0.3) is 0 Å². The van der Waals surface area contributed by atoms with Crippen LogP contribution in [0.1, 0.15) is 33.6 Å². The quantitative estimate of drug-likeness (QED) is 0.380. The van der Waals surface area contributed by atoms with Crippen molar-refractivity contribution in [3.8, 4) is 0 Å². The molecule has 0 amide bonds. The second-order valence-corrected chi connectivity index (χ2v) is 3.78. The van der Waals surface area contributed by atoms with Crippen molar-refractivity contribution < 1.29 is 29.3 Å². The largest absolute Gasteiger partial charge is 0.462 e. The Balaban J connectivity index is 4.15. The maximum Gasteiger partial charge on any atom is 0.322 e. The minimum atomic E-state index is -1.40. The van der Waals surface area contributed by atoms with Crippen LogP contribution in [0.4, 0.5) is 0 Å². The van der Waals surface area contributed by atoms with Crippen LogP contribution in [0, 0.1) is 5.92 Å². The zero-order valence-corrected chi connectivity index (χ0v) is 10.4. The summed E-state index contributed by atoms with van der Waals surface area (Å²) in [5.41, 5.74) is 0. The molecule has 0 aromatic rings. The summed E-state index contributed by atoms with van der Waals surface area (Å²) >= 11 is 0. The summed E-state index contributed by atoms with van der Waals surface area (Å²) < 4.78 is 9.50. The summed E-state index contributed by atoms with van der Waals surface area (Å²) in [5.74, 6) is -2.63. The molecule has 0 fully saturated rings. The molecule has 0 saturated heterocycles. The van der Waals surface area contributed by atoms with Gasteiger partial charge in [-0.25, -0.2) is 0 Å². The van der Waals surface area contributed by atoms with E-state index in [0.29, 0.717) is 6.42 Å².